The molecular formula is C11H10F2N2O2. The number of halogens is 2. The van der Waals surface area contributed by atoms with Gasteiger partial charge < -0.3 is 10.5 Å². The minimum atomic E-state index is -1.07. The number of rotatable bonds is 3. The molecule has 1 aromatic carbocycles. The maximum atomic E-state index is 13.3. The lowest BCUT2D eigenvalue weighted by atomic mass is 10.2. The molecule has 0 bridgehead atoms. The molecule has 6 heteroatoms. The molecule has 0 aliphatic heterocycles. The monoisotopic (exact) mass is 240 g/mol. The van der Waals surface area contributed by atoms with Crippen molar-refractivity contribution in [3.05, 3.63) is 29.3 Å². The predicted molar refractivity (Wildman–Crippen MR) is 55.9 cm³/mol. The number of carbonyl (C=O) groups excluding carboxylic acids is 1. The number of hydrogen-bond donors (Lipinski definition) is 1. The topological polar surface area (TPSA) is 76.1 Å². The Bertz CT molecular complexity index is 483. The van der Waals surface area contributed by atoms with E-state index in [4.69, 9.17) is 15.7 Å². The third kappa shape index (κ3) is 2.91. The molecule has 0 aliphatic rings. The van der Waals surface area contributed by atoms with Crippen LogP contribution in [0.25, 0.3) is 0 Å². The van der Waals surface area contributed by atoms with E-state index in [0.717, 1.165) is 6.07 Å². The van der Waals surface area contributed by atoms with Crippen molar-refractivity contribution in [3.63, 3.8) is 0 Å². The Hall–Kier alpha value is -2.16. The Kier molecular flexibility index (Phi) is 3.99. The van der Waals surface area contributed by atoms with Crippen LogP contribution in [0.1, 0.15) is 23.7 Å². The number of ether oxygens (including phenoxy) is 1. The van der Waals surface area contributed by atoms with Gasteiger partial charge in [-0.2, -0.15) is 5.26 Å². The summed E-state index contributed by atoms with van der Waals surface area (Å²) in [7, 11) is 0. The summed E-state index contributed by atoms with van der Waals surface area (Å²) >= 11 is 0. The fraction of sp³-hybridized carbons (Fsp3) is 0.273. The number of esters is 1. The molecule has 0 radical (unpaired) electrons. The Balaban J connectivity index is 2.98. The lowest BCUT2D eigenvalue weighted by Gasteiger charge is -2.09. The average Bonchev–Trinajstić information content (AvgIpc) is 2.30. The molecule has 0 amide bonds. The highest BCUT2D eigenvalue weighted by atomic mass is 19.1. The van der Waals surface area contributed by atoms with Gasteiger partial charge in [-0.25, -0.2) is 13.6 Å². The van der Waals surface area contributed by atoms with Gasteiger partial charge >= 0.3 is 5.97 Å². The van der Waals surface area contributed by atoms with Crippen molar-refractivity contribution < 1.29 is 18.3 Å². The fourth-order valence-electron chi connectivity index (χ4n) is 1.12. The number of nitriles is 1. The van der Waals surface area contributed by atoms with Crippen molar-refractivity contribution in [2.24, 2.45) is 0 Å². The zero-order valence-electron chi connectivity index (χ0n) is 9.04. The first kappa shape index (κ1) is 12.9. The first-order valence-corrected chi connectivity index (χ1v) is 4.84. The maximum absolute atomic E-state index is 13.3. The van der Waals surface area contributed by atoms with Crippen LogP contribution in [-0.4, -0.2) is 12.1 Å². The summed E-state index contributed by atoms with van der Waals surface area (Å²) in [5.74, 6) is -3.07. The van der Waals surface area contributed by atoms with E-state index in [2.05, 4.69) is 0 Å². The summed E-state index contributed by atoms with van der Waals surface area (Å²) in [5.41, 5.74) is 4.36. The van der Waals surface area contributed by atoms with Crippen molar-refractivity contribution >= 4 is 11.7 Å². The standard InChI is InChI=1S/C11H10F2N2O2/c1-2-6(5-14)17-11(16)7-3-10(15)9(13)4-8(7)12/h3-4,6H,2,15H2,1H3. The smallest absolute Gasteiger partial charge is 0.342 e. The number of nitrogens with two attached hydrogens (primary N) is 1. The number of nitrogen functional groups attached to an aromatic ring is 1. The first-order chi connectivity index (χ1) is 7.99. The second-order valence-electron chi connectivity index (χ2n) is 3.28. The van der Waals surface area contributed by atoms with Gasteiger partial charge in [0.15, 0.2) is 6.10 Å². The Labute approximate surface area is 96.6 Å². The Morgan fingerprint density at radius 2 is 2.18 bits per heavy atom. The van der Waals surface area contributed by atoms with Crippen LogP contribution in [0.2, 0.25) is 0 Å². The van der Waals surface area contributed by atoms with Gasteiger partial charge in [0.2, 0.25) is 0 Å². The Morgan fingerprint density at radius 1 is 1.53 bits per heavy atom. The highest BCUT2D eigenvalue weighted by molar-refractivity contribution is 5.91. The summed E-state index contributed by atoms with van der Waals surface area (Å²) in [6.07, 6.45) is -0.686. The van der Waals surface area contributed by atoms with Crippen molar-refractivity contribution in [2.45, 2.75) is 19.4 Å². The van der Waals surface area contributed by atoms with Crippen molar-refractivity contribution in [3.8, 4) is 6.07 Å². The van der Waals surface area contributed by atoms with Crippen LogP contribution in [0.15, 0.2) is 12.1 Å². The van der Waals surface area contributed by atoms with Crippen LogP contribution in [0.4, 0.5) is 14.5 Å². The number of nitrogens with zero attached hydrogens (tertiary/aromatic N) is 1. The number of hydrogen-bond acceptors (Lipinski definition) is 4. The highest BCUT2D eigenvalue weighted by Gasteiger charge is 2.19. The van der Waals surface area contributed by atoms with Crippen LogP contribution in [-0.2, 0) is 4.74 Å². The fourth-order valence-corrected chi connectivity index (χ4v) is 1.12. The minimum absolute atomic E-state index is 0.278. The van der Waals surface area contributed by atoms with E-state index in [1.54, 1.807) is 13.0 Å². The third-order valence-electron chi connectivity index (χ3n) is 2.07. The molecule has 1 unspecified atom stereocenters. The molecule has 0 aliphatic carbocycles. The van der Waals surface area contributed by atoms with E-state index >= 15 is 0 Å². The quantitative estimate of drug-likeness (QED) is 0.647. The van der Waals surface area contributed by atoms with E-state index in [1.165, 1.54) is 0 Å². The second kappa shape index (κ2) is 5.25. The molecule has 0 fully saturated rings. The van der Waals surface area contributed by atoms with Gasteiger partial charge in [-0.15, -0.1) is 0 Å². The molecule has 0 spiro atoms. The van der Waals surface area contributed by atoms with Crippen LogP contribution < -0.4 is 5.73 Å². The zero-order valence-corrected chi connectivity index (χ0v) is 9.04. The molecule has 2 N–H and O–H groups in total. The summed E-state index contributed by atoms with van der Waals surface area (Å²) in [5, 5.41) is 8.58. The Morgan fingerprint density at radius 3 is 2.71 bits per heavy atom. The number of carbonyl (C=O) groups is 1. The molecule has 0 saturated heterocycles. The van der Waals surface area contributed by atoms with E-state index in [1.807, 2.05) is 0 Å². The molecule has 17 heavy (non-hydrogen) atoms. The molecule has 4 nitrogen and oxygen atoms in total. The molecule has 1 aromatic rings. The summed E-state index contributed by atoms with van der Waals surface area (Å²) in [6, 6.07) is 3.07. The van der Waals surface area contributed by atoms with Gasteiger partial charge in [0.1, 0.15) is 17.7 Å². The van der Waals surface area contributed by atoms with Crippen LogP contribution in [0.5, 0.6) is 0 Å². The molecule has 1 rings (SSSR count). The van der Waals surface area contributed by atoms with E-state index in [0.29, 0.717) is 6.07 Å². The molecule has 0 saturated carbocycles. The van der Waals surface area contributed by atoms with Gasteiger partial charge in [0, 0.05) is 6.07 Å². The van der Waals surface area contributed by atoms with E-state index < -0.39 is 29.3 Å². The molecule has 1 atom stereocenters. The van der Waals surface area contributed by atoms with Crippen molar-refractivity contribution in [2.75, 3.05) is 5.73 Å². The molecule has 0 aromatic heterocycles. The molecular weight excluding hydrogens is 230 g/mol. The normalized spacial score (nSPS) is 11.6. The van der Waals surface area contributed by atoms with Crippen LogP contribution >= 0.6 is 0 Å². The van der Waals surface area contributed by atoms with Crippen molar-refractivity contribution in [1.82, 2.24) is 0 Å². The lowest BCUT2D eigenvalue weighted by Crippen LogP contribution is -2.17. The third-order valence-corrected chi connectivity index (χ3v) is 2.07. The largest absolute Gasteiger partial charge is 0.443 e. The van der Waals surface area contributed by atoms with Crippen LogP contribution in [0, 0.1) is 23.0 Å². The van der Waals surface area contributed by atoms with Crippen LogP contribution in [0.3, 0.4) is 0 Å². The molecule has 90 valence electrons. The number of anilines is 1. The van der Waals surface area contributed by atoms with Crippen molar-refractivity contribution in [1.29, 1.82) is 5.26 Å². The second-order valence-corrected chi connectivity index (χ2v) is 3.28. The van der Waals surface area contributed by atoms with E-state index in [9.17, 15) is 13.6 Å². The summed E-state index contributed by atoms with van der Waals surface area (Å²) in [4.78, 5) is 11.5. The summed E-state index contributed by atoms with van der Waals surface area (Å²) < 4.78 is 30.8. The lowest BCUT2D eigenvalue weighted by molar-refractivity contribution is 0.0396. The molecule has 0 heterocycles. The highest BCUT2D eigenvalue weighted by Crippen LogP contribution is 2.18. The predicted octanol–water partition coefficient (Wildman–Crippen LogP) is 2.01. The van der Waals surface area contributed by atoms with Gasteiger partial charge in [0.25, 0.3) is 0 Å². The average molecular weight is 240 g/mol. The maximum Gasteiger partial charge on any atom is 0.342 e. The van der Waals surface area contributed by atoms with Gasteiger partial charge in [-0.1, -0.05) is 6.92 Å². The van der Waals surface area contributed by atoms with Gasteiger partial charge in [-0.3, -0.25) is 0 Å². The minimum Gasteiger partial charge on any atom is -0.443 e. The first-order valence-electron chi connectivity index (χ1n) is 4.84. The number of benzene rings is 1. The zero-order chi connectivity index (χ0) is 13.0. The van der Waals surface area contributed by atoms with E-state index in [-0.39, 0.29) is 12.1 Å². The van der Waals surface area contributed by atoms with Gasteiger partial charge in [0.05, 0.1) is 11.3 Å². The SMILES string of the molecule is CCC(C#N)OC(=O)c1cc(N)c(F)cc1F. The summed E-state index contributed by atoms with van der Waals surface area (Å²) in [6.45, 7) is 1.64. The van der Waals surface area contributed by atoms with Gasteiger partial charge in [-0.05, 0) is 12.5 Å².